The van der Waals surface area contributed by atoms with E-state index in [1.165, 1.54) is 18.4 Å². The summed E-state index contributed by atoms with van der Waals surface area (Å²) in [6.07, 6.45) is 2.80. The van der Waals surface area contributed by atoms with Crippen LogP contribution in [0.1, 0.15) is 33.6 Å². The second kappa shape index (κ2) is 2.77. The van der Waals surface area contributed by atoms with Gasteiger partial charge in [0.05, 0.1) is 0 Å². The Morgan fingerprint density at radius 2 is 1.60 bits per heavy atom. The van der Waals surface area contributed by atoms with E-state index in [4.69, 9.17) is 0 Å². The highest BCUT2D eigenvalue weighted by molar-refractivity contribution is 5.03. The molecule has 0 aliphatic heterocycles. The van der Waals surface area contributed by atoms with Crippen LogP contribution in [0.25, 0.3) is 0 Å². The molecule has 0 heteroatoms. The van der Waals surface area contributed by atoms with E-state index < -0.39 is 0 Å². The Balaban J connectivity index is 2.63. The molecule has 10 heavy (non-hydrogen) atoms. The van der Waals surface area contributed by atoms with Gasteiger partial charge in [0, 0.05) is 0 Å². The van der Waals surface area contributed by atoms with E-state index in [0.717, 1.165) is 17.8 Å². The first-order valence-corrected chi connectivity index (χ1v) is 4.28. The summed E-state index contributed by atoms with van der Waals surface area (Å²) in [5.41, 5.74) is 1.39. The van der Waals surface area contributed by atoms with Gasteiger partial charge in [-0.2, -0.15) is 0 Å². The van der Waals surface area contributed by atoms with E-state index in [1.54, 1.807) is 0 Å². The molecular formula is C10H18. The van der Waals surface area contributed by atoms with Crippen molar-refractivity contribution < 1.29 is 0 Å². The molecule has 58 valence electrons. The number of hydrogen-bond donors (Lipinski definition) is 0. The average molecular weight is 138 g/mol. The monoisotopic (exact) mass is 138 g/mol. The van der Waals surface area contributed by atoms with Gasteiger partial charge in [0.1, 0.15) is 0 Å². The number of hydrogen-bond acceptors (Lipinski definition) is 0. The highest BCUT2D eigenvalue weighted by Crippen LogP contribution is 2.40. The molecule has 0 heterocycles. The molecule has 0 amide bonds. The van der Waals surface area contributed by atoms with Crippen molar-refractivity contribution in [1.29, 1.82) is 0 Å². The third-order valence-electron chi connectivity index (χ3n) is 2.87. The number of allylic oxidation sites excluding steroid dienone is 1. The van der Waals surface area contributed by atoms with Gasteiger partial charge in [-0.25, -0.2) is 0 Å². The van der Waals surface area contributed by atoms with E-state index >= 15 is 0 Å². The van der Waals surface area contributed by atoms with Gasteiger partial charge in [-0.3, -0.25) is 0 Å². The van der Waals surface area contributed by atoms with Crippen molar-refractivity contribution in [2.24, 2.45) is 17.8 Å². The van der Waals surface area contributed by atoms with Crippen LogP contribution < -0.4 is 0 Å². The van der Waals surface area contributed by atoms with Crippen LogP contribution in [-0.2, 0) is 0 Å². The minimum Gasteiger partial charge on any atom is -0.0998 e. The van der Waals surface area contributed by atoms with E-state index in [0.29, 0.717) is 0 Å². The Bertz CT molecular complexity index is 125. The summed E-state index contributed by atoms with van der Waals surface area (Å²) < 4.78 is 0. The SMILES string of the molecule is C=C(C)C1C(C)CCC1C. The molecule has 0 aromatic heterocycles. The zero-order valence-corrected chi connectivity index (χ0v) is 7.35. The lowest BCUT2D eigenvalue weighted by Crippen LogP contribution is -2.10. The van der Waals surface area contributed by atoms with E-state index in [1.807, 2.05) is 0 Å². The predicted molar refractivity (Wildman–Crippen MR) is 45.9 cm³/mol. The number of rotatable bonds is 1. The summed E-state index contributed by atoms with van der Waals surface area (Å²) in [6, 6.07) is 0. The van der Waals surface area contributed by atoms with Gasteiger partial charge in [-0.05, 0) is 37.5 Å². The van der Waals surface area contributed by atoms with Crippen LogP contribution in [0.3, 0.4) is 0 Å². The molecule has 1 saturated carbocycles. The van der Waals surface area contributed by atoms with Crippen molar-refractivity contribution in [3.63, 3.8) is 0 Å². The predicted octanol–water partition coefficient (Wildman–Crippen LogP) is 3.24. The highest BCUT2D eigenvalue weighted by atomic mass is 14.3. The molecule has 0 spiro atoms. The van der Waals surface area contributed by atoms with Crippen LogP contribution in [0.2, 0.25) is 0 Å². The molecular weight excluding hydrogens is 120 g/mol. The van der Waals surface area contributed by atoms with Gasteiger partial charge in [0.15, 0.2) is 0 Å². The maximum atomic E-state index is 4.04. The van der Waals surface area contributed by atoms with Crippen LogP contribution in [-0.4, -0.2) is 0 Å². The van der Waals surface area contributed by atoms with Gasteiger partial charge in [-0.15, -0.1) is 0 Å². The summed E-state index contributed by atoms with van der Waals surface area (Å²) >= 11 is 0. The minimum absolute atomic E-state index is 0.806. The summed E-state index contributed by atoms with van der Waals surface area (Å²) in [7, 11) is 0. The van der Waals surface area contributed by atoms with Gasteiger partial charge >= 0.3 is 0 Å². The summed E-state index contributed by atoms with van der Waals surface area (Å²) in [5, 5.41) is 0. The third-order valence-corrected chi connectivity index (χ3v) is 2.87. The zero-order chi connectivity index (χ0) is 7.72. The Hall–Kier alpha value is -0.260. The van der Waals surface area contributed by atoms with Crippen LogP contribution in [0.5, 0.6) is 0 Å². The smallest absolute Gasteiger partial charge is 0.0157 e. The average Bonchev–Trinajstić information content (AvgIpc) is 2.11. The molecule has 1 rings (SSSR count). The summed E-state index contributed by atoms with van der Waals surface area (Å²) in [6.45, 7) is 10.9. The summed E-state index contributed by atoms with van der Waals surface area (Å²) in [5.74, 6) is 2.57. The maximum absolute atomic E-state index is 4.04. The summed E-state index contributed by atoms with van der Waals surface area (Å²) in [4.78, 5) is 0. The Morgan fingerprint density at radius 3 is 1.80 bits per heavy atom. The quantitative estimate of drug-likeness (QED) is 0.488. The fraction of sp³-hybridized carbons (Fsp3) is 0.800. The fourth-order valence-electron chi connectivity index (χ4n) is 2.42. The first kappa shape index (κ1) is 7.84. The molecule has 0 nitrogen and oxygen atoms in total. The molecule has 0 aromatic rings. The maximum Gasteiger partial charge on any atom is -0.0157 e. The van der Waals surface area contributed by atoms with Crippen molar-refractivity contribution >= 4 is 0 Å². The lowest BCUT2D eigenvalue weighted by molar-refractivity contribution is 0.405. The molecule has 0 bridgehead atoms. The molecule has 2 unspecified atom stereocenters. The van der Waals surface area contributed by atoms with Gasteiger partial charge in [0.2, 0.25) is 0 Å². The van der Waals surface area contributed by atoms with Crippen LogP contribution >= 0.6 is 0 Å². The molecule has 0 saturated heterocycles. The molecule has 1 fully saturated rings. The first-order valence-electron chi connectivity index (χ1n) is 4.28. The normalized spacial score (nSPS) is 40.1. The fourth-order valence-corrected chi connectivity index (χ4v) is 2.42. The van der Waals surface area contributed by atoms with Crippen molar-refractivity contribution in [3.05, 3.63) is 12.2 Å². The second-order valence-corrected chi connectivity index (χ2v) is 3.90. The topological polar surface area (TPSA) is 0 Å². The second-order valence-electron chi connectivity index (χ2n) is 3.90. The third kappa shape index (κ3) is 1.25. The van der Waals surface area contributed by atoms with Crippen molar-refractivity contribution in [2.75, 3.05) is 0 Å². The molecule has 1 aliphatic carbocycles. The van der Waals surface area contributed by atoms with Gasteiger partial charge in [-0.1, -0.05) is 26.0 Å². The van der Waals surface area contributed by atoms with E-state index in [9.17, 15) is 0 Å². The van der Waals surface area contributed by atoms with E-state index in [-0.39, 0.29) is 0 Å². The molecule has 0 aromatic carbocycles. The van der Waals surface area contributed by atoms with Gasteiger partial charge < -0.3 is 0 Å². The van der Waals surface area contributed by atoms with Crippen LogP contribution in [0, 0.1) is 17.8 Å². The largest absolute Gasteiger partial charge is 0.0998 e. The Kier molecular flexibility index (Phi) is 2.18. The highest BCUT2D eigenvalue weighted by Gasteiger charge is 2.30. The Morgan fingerprint density at radius 1 is 1.20 bits per heavy atom. The molecule has 1 aliphatic rings. The molecule has 0 radical (unpaired) electrons. The standard InChI is InChI=1S/C10H18/c1-7(2)10-8(3)5-6-9(10)4/h8-10H,1,5-6H2,2-4H3. The van der Waals surface area contributed by atoms with Crippen LogP contribution in [0.15, 0.2) is 12.2 Å². The lowest BCUT2D eigenvalue weighted by atomic mass is 9.86. The first-order chi connectivity index (χ1) is 4.63. The van der Waals surface area contributed by atoms with E-state index in [2.05, 4.69) is 27.4 Å². The molecule has 0 N–H and O–H groups in total. The molecule has 2 atom stereocenters. The van der Waals surface area contributed by atoms with Crippen molar-refractivity contribution in [2.45, 2.75) is 33.6 Å². The van der Waals surface area contributed by atoms with Gasteiger partial charge in [0.25, 0.3) is 0 Å². The lowest BCUT2D eigenvalue weighted by Gasteiger charge is -2.19. The minimum atomic E-state index is 0.806. The Labute approximate surface area is 64.3 Å². The van der Waals surface area contributed by atoms with Crippen LogP contribution in [0.4, 0.5) is 0 Å². The zero-order valence-electron chi connectivity index (χ0n) is 7.35. The van der Waals surface area contributed by atoms with Crippen molar-refractivity contribution in [1.82, 2.24) is 0 Å². The van der Waals surface area contributed by atoms with Crippen molar-refractivity contribution in [3.8, 4) is 0 Å².